The van der Waals surface area contributed by atoms with Crippen molar-refractivity contribution in [2.75, 3.05) is 12.4 Å². The first-order chi connectivity index (χ1) is 11.2. The molecule has 5 nitrogen and oxygen atoms in total. The van der Waals surface area contributed by atoms with Crippen molar-refractivity contribution >= 4 is 28.4 Å². The molecule has 1 N–H and O–H groups in total. The number of ketones is 1. The van der Waals surface area contributed by atoms with Crippen LogP contribution in [0.15, 0.2) is 59.2 Å². The molecule has 1 aliphatic heterocycles. The van der Waals surface area contributed by atoms with Crippen molar-refractivity contribution in [1.29, 1.82) is 0 Å². The molecule has 1 atom stereocenters. The first-order valence-electron chi connectivity index (χ1n) is 7.15. The Bertz CT molecular complexity index is 943. The molecule has 114 valence electrons. The molecule has 0 saturated heterocycles. The summed E-state index contributed by atoms with van der Waals surface area (Å²) in [6, 6.07) is 14.3. The van der Waals surface area contributed by atoms with E-state index in [4.69, 9.17) is 9.15 Å². The second-order valence-corrected chi connectivity index (χ2v) is 5.39. The summed E-state index contributed by atoms with van der Waals surface area (Å²) >= 11 is 0. The molecule has 0 aliphatic carbocycles. The number of ether oxygens (including phenoxy) is 1. The van der Waals surface area contributed by atoms with E-state index in [1.54, 1.807) is 30.3 Å². The lowest BCUT2D eigenvalue weighted by Gasteiger charge is -2.24. The molecule has 0 bridgehead atoms. The molecular weight excluding hydrogens is 294 g/mol. The Balaban J connectivity index is 2.01. The molecule has 0 spiro atoms. The van der Waals surface area contributed by atoms with Gasteiger partial charge in [-0.15, -0.1) is 0 Å². The quantitative estimate of drug-likeness (QED) is 0.582. The van der Waals surface area contributed by atoms with Gasteiger partial charge in [-0.05, 0) is 18.2 Å². The predicted octanol–water partition coefficient (Wildman–Crippen LogP) is 3.11. The third-order valence-corrected chi connectivity index (χ3v) is 4.21. The molecule has 5 heteroatoms. The minimum absolute atomic E-state index is 0.341. The number of rotatable bonds is 2. The molecule has 0 fully saturated rings. The van der Waals surface area contributed by atoms with E-state index in [1.807, 2.05) is 18.2 Å². The maximum Gasteiger partial charge on any atom is 0.344 e. The van der Waals surface area contributed by atoms with Crippen LogP contribution >= 0.6 is 0 Å². The zero-order chi connectivity index (χ0) is 16.0. The van der Waals surface area contributed by atoms with Crippen molar-refractivity contribution in [2.45, 2.75) is 5.54 Å². The Morgan fingerprint density at radius 2 is 1.87 bits per heavy atom. The molecule has 1 aliphatic rings. The van der Waals surface area contributed by atoms with E-state index in [0.717, 1.165) is 0 Å². The van der Waals surface area contributed by atoms with E-state index in [1.165, 1.54) is 13.4 Å². The van der Waals surface area contributed by atoms with Crippen molar-refractivity contribution < 1.29 is 18.7 Å². The van der Waals surface area contributed by atoms with Crippen LogP contribution in [-0.2, 0) is 15.1 Å². The average Bonchev–Trinajstić information content (AvgIpc) is 3.15. The van der Waals surface area contributed by atoms with Crippen molar-refractivity contribution in [3.63, 3.8) is 0 Å². The van der Waals surface area contributed by atoms with Gasteiger partial charge in [0.1, 0.15) is 5.58 Å². The van der Waals surface area contributed by atoms with Crippen molar-refractivity contribution in [3.8, 4) is 0 Å². The average molecular weight is 307 g/mol. The highest BCUT2D eigenvalue weighted by atomic mass is 16.5. The second-order valence-electron chi connectivity index (χ2n) is 5.39. The molecule has 23 heavy (non-hydrogen) atoms. The third-order valence-electron chi connectivity index (χ3n) is 4.21. The summed E-state index contributed by atoms with van der Waals surface area (Å²) in [6.45, 7) is 0. The summed E-state index contributed by atoms with van der Waals surface area (Å²) < 4.78 is 10.5. The summed E-state index contributed by atoms with van der Waals surface area (Å²) in [6.07, 6.45) is 1.44. The van der Waals surface area contributed by atoms with Gasteiger partial charge < -0.3 is 14.5 Å². The maximum atomic E-state index is 13.1. The normalized spacial score (nSPS) is 19.4. The van der Waals surface area contributed by atoms with Crippen LogP contribution in [0.5, 0.6) is 0 Å². The summed E-state index contributed by atoms with van der Waals surface area (Å²) in [5.41, 5.74) is 0.513. The van der Waals surface area contributed by atoms with Crippen LogP contribution in [0.2, 0.25) is 0 Å². The van der Waals surface area contributed by atoms with E-state index in [-0.39, 0.29) is 5.78 Å². The number of anilines is 1. The summed E-state index contributed by atoms with van der Waals surface area (Å²) in [5, 5.41) is 3.76. The van der Waals surface area contributed by atoms with Gasteiger partial charge in [0.05, 0.1) is 13.4 Å². The van der Waals surface area contributed by atoms with Gasteiger partial charge in [-0.3, -0.25) is 4.79 Å². The number of fused-ring (bicyclic) bond motifs is 2. The summed E-state index contributed by atoms with van der Waals surface area (Å²) in [4.78, 5) is 25.7. The third kappa shape index (κ3) is 1.67. The van der Waals surface area contributed by atoms with Gasteiger partial charge >= 0.3 is 5.97 Å². The lowest BCUT2D eigenvalue weighted by atomic mass is 9.85. The molecule has 0 saturated carbocycles. The molecule has 0 radical (unpaired) electrons. The van der Waals surface area contributed by atoms with E-state index in [0.29, 0.717) is 27.8 Å². The molecule has 4 rings (SSSR count). The van der Waals surface area contributed by atoms with Crippen LogP contribution in [0.4, 0.5) is 5.69 Å². The monoisotopic (exact) mass is 307 g/mol. The van der Waals surface area contributed by atoms with Crippen LogP contribution in [0.25, 0.3) is 11.0 Å². The van der Waals surface area contributed by atoms with Gasteiger partial charge in [0, 0.05) is 22.2 Å². The molecule has 2 heterocycles. The van der Waals surface area contributed by atoms with Gasteiger partial charge in [0.2, 0.25) is 11.3 Å². The molecule has 2 aromatic carbocycles. The highest BCUT2D eigenvalue weighted by Crippen LogP contribution is 2.43. The van der Waals surface area contributed by atoms with Gasteiger partial charge in [0.25, 0.3) is 0 Å². The van der Waals surface area contributed by atoms with Crippen LogP contribution in [0.3, 0.4) is 0 Å². The number of esters is 1. The van der Waals surface area contributed by atoms with Crippen molar-refractivity contribution in [2.24, 2.45) is 0 Å². The fraction of sp³-hybridized carbons (Fsp3) is 0.111. The maximum absolute atomic E-state index is 13.1. The number of hydrogen-bond acceptors (Lipinski definition) is 5. The SMILES string of the molecule is COC(=O)C1(c2coc3ccccc23)Nc2ccccc2C1=O. The number of para-hydroxylation sites is 2. The van der Waals surface area contributed by atoms with E-state index in [2.05, 4.69) is 5.32 Å². The van der Waals surface area contributed by atoms with Crippen molar-refractivity contribution in [3.05, 3.63) is 65.9 Å². The Morgan fingerprint density at radius 3 is 2.65 bits per heavy atom. The highest BCUT2D eigenvalue weighted by Gasteiger charge is 2.55. The largest absolute Gasteiger partial charge is 0.467 e. The second kappa shape index (κ2) is 4.71. The van der Waals surface area contributed by atoms with E-state index in [9.17, 15) is 9.59 Å². The predicted molar refractivity (Wildman–Crippen MR) is 84.3 cm³/mol. The number of methoxy groups -OCH3 is 1. The molecular formula is C18H13NO4. The minimum atomic E-state index is -1.62. The van der Waals surface area contributed by atoms with Gasteiger partial charge in [-0.2, -0.15) is 0 Å². The highest BCUT2D eigenvalue weighted by molar-refractivity contribution is 6.25. The summed E-state index contributed by atoms with van der Waals surface area (Å²) in [7, 11) is 1.27. The molecule has 1 unspecified atom stereocenters. The van der Waals surface area contributed by atoms with Crippen LogP contribution in [-0.4, -0.2) is 18.9 Å². The zero-order valence-corrected chi connectivity index (χ0v) is 12.3. The lowest BCUT2D eigenvalue weighted by molar-refractivity contribution is -0.144. The van der Waals surface area contributed by atoms with Crippen LogP contribution in [0.1, 0.15) is 15.9 Å². The standard InChI is InChI=1S/C18H13NO4/c1-22-17(21)18(13-10-23-15-9-5-3-6-11(13)15)16(20)12-7-2-4-8-14(12)19-18/h2-10,19H,1H3. The Hall–Kier alpha value is -3.08. The first-order valence-corrected chi connectivity index (χ1v) is 7.15. The topological polar surface area (TPSA) is 68.5 Å². The van der Waals surface area contributed by atoms with Gasteiger partial charge in [0.15, 0.2) is 0 Å². The van der Waals surface area contributed by atoms with Crippen molar-refractivity contribution in [1.82, 2.24) is 0 Å². The summed E-state index contributed by atoms with van der Waals surface area (Å²) in [5.74, 6) is -1.00. The van der Waals surface area contributed by atoms with Gasteiger partial charge in [-0.1, -0.05) is 30.3 Å². The number of furan rings is 1. The number of carbonyl (C=O) groups excluding carboxylic acids is 2. The van der Waals surface area contributed by atoms with E-state index >= 15 is 0 Å². The zero-order valence-electron chi connectivity index (χ0n) is 12.3. The van der Waals surface area contributed by atoms with E-state index < -0.39 is 11.5 Å². The fourth-order valence-electron chi connectivity index (χ4n) is 3.12. The molecule has 1 aromatic heterocycles. The molecule has 0 amide bonds. The van der Waals surface area contributed by atoms with Gasteiger partial charge in [-0.25, -0.2) is 4.79 Å². The fourth-order valence-corrected chi connectivity index (χ4v) is 3.12. The molecule has 3 aromatic rings. The smallest absolute Gasteiger partial charge is 0.344 e. The minimum Gasteiger partial charge on any atom is -0.467 e. The first kappa shape index (κ1) is 13.6. The number of benzene rings is 2. The Labute approximate surface area is 131 Å². The number of carbonyl (C=O) groups is 2. The number of hydrogen-bond donors (Lipinski definition) is 1. The lowest BCUT2D eigenvalue weighted by Crippen LogP contribution is -2.47. The Morgan fingerprint density at radius 1 is 1.13 bits per heavy atom. The Kier molecular flexibility index (Phi) is 2.78. The van der Waals surface area contributed by atoms with Crippen LogP contribution in [0, 0.1) is 0 Å². The number of Topliss-reactive ketones (excluding diaryl/α,β-unsaturated/α-hetero) is 1. The van der Waals surface area contributed by atoms with Crippen LogP contribution < -0.4 is 5.32 Å². The number of nitrogens with one attached hydrogen (secondary N) is 1.